The molecule has 0 atom stereocenters. The molecular weight excluding hydrogens is 351 g/mol. The summed E-state index contributed by atoms with van der Waals surface area (Å²) in [6.45, 7) is 3.20. The number of fused-ring (bicyclic) bond motifs is 1. The first kappa shape index (κ1) is 14.0. The molecule has 2 heterocycles. The third-order valence-corrected chi connectivity index (χ3v) is 2.91. The van der Waals surface area contributed by atoms with Crippen LogP contribution in [-0.4, -0.2) is 4.98 Å². The average molecular weight is 366 g/mol. The number of para-hydroxylation sites is 2. The lowest BCUT2D eigenvalue weighted by Crippen LogP contribution is -3.00. The van der Waals surface area contributed by atoms with E-state index in [0.29, 0.717) is 5.89 Å². The molecule has 0 N–H and O–H groups in total. The molecule has 0 amide bonds. The molecule has 0 saturated heterocycles. The average Bonchev–Trinajstić information content (AvgIpc) is 2.84. The van der Waals surface area contributed by atoms with Gasteiger partial charge in [-0.3, -0.25) is 0 Å². The molecule has 19 heavy (non-hydrogen) atoms. The fourth-order valence-electron chi connectivity index (χ4n) is 2.00. The Morgan fingerprint density at radius 2 is 1.84 bits per heavy atom. The zero-order valence-electron chi connectivity index (χ0n) is 10.7. The molecule has 2 aromatic heterocycles. The molecule has 0 fully saturated rings. The molecule has 4 heteroatoms. The number of hydrogen-bond donors (Lipinski definition) is 0. The largest absolute Gasteiger partial charge is 1.00 e. The molecule has 3 rings (SSSR count). The van der Waals surface area contributed by atoms with Crippen molar-refractivity contribution in [3.05, 3.63) is 48.8 Å². The molecule has 3 aromatic rings. The van der Waals surface area contributed by atoms with Crippen LogP contribution in [0.15, 0.2) is 53.2 Å². The smallest absolute Gasteiger partial charge is 0.227 e. The summed E-state index contributed by atoms with van der Waals surface area (Å²) in [7, 11) is 0. The van der Waals surface area contributed by atoms with Gasteiger partial charge in [-0.15, -0.1) is 0 Å². The van der Waals surface area contributed by atoms with Crippen molar-refractivity contribution in [1.29, 1.82) is 0 Å². The summed E-state index contributed by atoms with van der Waals surface area (Å²) in [5, 5.41) is 0. The van der Waals surface area contributed by atoms with Crippen molar-refractivity contribution in [1.82, 2.24) is 4.98 Å². The number of benzene rings is 1. The maximum Gasteiger partial charge on any atom is 0.227 e. The quantitative estimate of drug-likeness (QED) is 0.490. The van der Waals surface area contributed by atoms with Crippen LogP contribution in [-0.2, 0) is 6.54 Å². The van der Waals surface area contributed by atoms with Crippen molar-refractivity contribution in [3.63, 3.8) is 0 Å². The van der Waals surface area contributed by atoms with Gasteiger partial charge >= 0.3 is 0 Å². The third kappa shape index (κ3) is 2.94. The highest BCUT2D eigenvalue weighted by Gasteiger charge is 2.09. The Morgan fingerprint density at radius 1 is 1.11 bits per heavy atom. The SMILES string of the molecule is CCC[n+]1ccc(-c2nc3ccccc3o2)cc1.[I-]. The summed E-state index contributed by atoms with van der Waals surface area (Å²) in [6.07, 6.45) is 5.26. The maximum absolute atomic E-state index is 5.73. The first-order valence-electron chi connectivity index (χ1n) is 6.22. The van der Waals surface area contributed by atoms with E-state index in [0.717, 1.165) is 29.6 Å². The number of pyridine rings is 1. The number of hydrogen-bond acceptors (Lipinski definition) is 2. The van der Waals surface area contributed by atoms with Crippen molar-refractivity contribution in [2.75, 3.05) is 0 Å². The monoisotopic (exact) mass is 366 g/mol. The molecule has 0 aliphatic heterocycles. The molecule has 98 valence electrons. The number of aromatic nitrogens is 2. The summed E-state index contributed by atoms with van der Waals surface area (Å²) >= 11 is 0. The van der Waals surface area contributed by atoms with Crippen LogP contribution >= 0.6 is 0 Å². The fourth-order valence-corrected chi connectivity index (χ4v) is 2.00. The van der Waals surface area contributed by atoms with Crippen LogP contribution in [0.5, 0.6) is 0 Å². The van der Waals surface area contributed by atoms with E-state index < -0.39 is 0 Å². The van der Waals surface area contributed by atoms with Gasteiger partial charge in [-0.2, -0.15) is 0 Å². The normalized spacial score (nSPS) is 10.4. The standard InChI is InChI=1S/C15H15N2O.HI/c1-2-9-17-10-7-12(8-11-17)15-16-13-5-3-4-6-14(13)18-15;/h3-8,10-11H,2,9H2,1H3;1H/q+1;/p-1. The van der Waals surface area contributed by atoms with E-state index in [9.17, 15) is 0 Å². The molecule has 3 nitrogen and oxygen atoms in total. The van der Waals surface area contributed by atoms with E-state index >= 15 is 0 Å². The summed E-state index contributed by atoms with van der Waals surface area (Å²) in [4.78, 5) is 4.48. The van der Waals surface area contributed by atoms with Crippen molar-refractivity contribution in [3.8, 4) is 11.5 Å². The first-order valence-corrected chi connectivity index (χ1v) is 6.22. The minimum absolute atomic E-state index is 0. The number of oxazole rings is 1. The summed E-state index contributed by atoms with van der Waals surface area (Å²) in [5.74, 6) is 0.680. The summed E-state index contributed by atoms with van der Waals surface area (Å²) < 4.78 is 7.89. The van der Waals surface area contributed by atoms with Crippen LogP contribution in [0.3, 0.4) is 0 Å². The van der Waals surface area contributed by atoms with E-state index in [4.69, 9.17) is 4.42 Å². The second kappa shape index (κ2) is 6.14. The molecular formula is C15H15IN2O. The van der Waals surface area contributed by atoms with Gasteiger partial charge in [0.2, 0.25) is 5.89 Å². The van der Waals surface area contributed by atoms with Crippen LogP contribution in [0.2, 0.25) is 0 Å². The van der Waals surface area contributed by atoms with Gasteiger partial charge in [0.15, 0.2) is 18.0 Å². The summed E-state index contributed by atoms with van der Waals surface area (Å²) in [6, 6.07) is 11.9. The highest BCUT2D eigenvalue weighted by Crippen LogP contribution is 2.22. The van der Waals surface area contributed by atoms with E-state index in [-0.39, 0.29) is 24.0 Å². The molecule has 0 aliphatic rings. The molecule has 0 bridgehead atoms. The molecule has 0 saturated carbocycles. The zero-order chi connectivity index (χ0) is 12.4. The number of rotatable bonds is 3. The second-order valence-corrected chi connectivity index (χ2v) is 4.31. The minimum Gasteiger partial charge on any atom is -1.00 e. The van der Waals surface area contributed by atoms with E-state index in [1.54, 1.807) is 0 Å². The van der Waals surface area contributed by atoms with Crippen molar-refractivity contribution in [2.45, 2.75) is 19.9 Å². The van der Waals surface area contributed by atoms with Crippen LogP contribution in [0.25, 0.3) is 22.6 Å². The Balaban J connectivity index is 0.00000133. The van der Waals surface area contributed by atoms with Gasteiger partial charge < -0.3 is 28.4 Å². The molecule has 0 spiro atoms. The van der Waals surface area contributed by atoms with Gasteiger partial charge in [0.05, 0.1) is 0 Å². The predicted octanol–water partition coefficient (Wildman–Crippen LogP) is 0.196. The number of nitrogens with zero attached hydrogens (tertiary/aromatic N) is 2. The lowest BCUT2D eigenvalue weighted by Gasteiger charge is -1.95. The Morgan fingerprint density at radius 3 is 2.53 bits per heavy atom. The molecule has 1 aromatic carbocycles. The van der Waals surface area contributed by atoms with Crippen LogP contribution in [0.4, 0.5) is 0 Å². The minimum atomic E-state index is 0. The fraction of sp³-hybridized carbons (Fsp3) is 0.200. The van der Waals surface area contributed by atoms with Gasteiger partial charge in [0.25, 0.3) is 0 Å². The Bertz CT molecular complexity index is 628. The van der Waals surface area contributed by atoms with Crippen molar-refractivity contribution < 1.29 is 33.0 Å². The van der Waals surface area contributed by atoms with Crippen molar-refractivity contribution >= 4 is 11.1 Å². The number of aryl methyl sites for hydroxylation is 1. The van der Waals surface area contributed by atoms with E-state index in [1.807, 2.05) is 36.4 Å². The topological polar surface area (TPSA) is 29.9 Å². The highest BCUT2D eigenvalue weighted by atomic mass is 127. The Kier molecular flexibility index (Phi) is 4.52. The molecule has 0 unspecified atom stereocenters. The lowest BCUT2D eigenvalue weighted by atomic mass is 10.2. The highest BCUT2D eigenvalue weighted by molar-refractivity contribution is 5.75. The van der Waals surface area contributed by atoms with Crippen LogP contribution < -0.4 is 28.5 Å². The van der Waals surface area contributed by atoms with Crippen LogP contribution in [0, 0.1) is 0 Å². The van der Waals surface area contributed by atoms with Crippen LogP contribution in [0.1, 0.15) is 13.3 Å². The zero-order valence-corrected chi connectivity index (χ0v) is 12.9. The molecule has 0 radical (unpaired) electrons. The van der Waals surface area contributed by atoms with E-state index in [1.165, 1.54) is 0 Å². The van der Waals surface area contributed by atoms with E-state index in [2.05, 4.69) is 28.9 Å². The lowest BCUT2D eigenvalue weighted by molar-refractivity contribution is -0.696. The van der Waals surface area contributed by atoms with Gasteiger partial charge in [0.1, 0.15) is 12.1 Å². The maximum atomic E-state index is 5.73. The second-order valence-electron chi connectivity index (χ2n) is 4.31. The predicted molar refractivity (Wildman–Crippen MR) is 69.9 cm³/mol. The van der Waals surface area contributed by atoms with Gasteiger partial charge in [-0.25, -0.2) is 9.55 Å². The Hall–Kier alpha value is -1.43. The van der Waals surface area contributed by atoms with Gasteiger partial charge in [0, 0.05) is 24.1 Å². The summed E-state index contributed by atoms with van der Waals surface area (Å²) in [5.41, 5.74) is 2.74. The third-order valence-electron chi connectivity index (χ3n) is 2.91. The number of halogens is 1. The van der Waals surface area contributed by atoms with Gasteiger partial charge in [-0.1, -0.05) is 19.1 Å². The van der Waals surface area contributed by atoms with Crippen molar-refractivity contribution in [2.24, 2.45) is 0 Å². The first-order chi connectivity index (χ1) is 8.86. The molecule has 0 aliphatic carbocycles. The Labute approximate surface area is 129 Å². The van der Waals surface area contributed by atoms with Gasteiger partial charge in [-0.05, 0) is 12.1 Å².